The Labute approximate surface area is 216 Å². The van der Waals surface area contributed by atoms with Gasteiger partial charge in [0, 0.05) is 32.4 Å². The minimum atomic E-state index is -0.610. The van der Waals surface area contributed by atoms with E-state index in [1.54, 1.807) is 26.2 Å². The van der Waals surface area contributed by atoms with Crippen LogP contribution in [0.25, 0.3) is 10.8 Å². The van der Waals surface area contributed by atoms with Crippen molar-refractivity contribution in [2.45, 2.75) is 31.5 Å². The molecule has 7 heteroatoms. The number of fused-ring (bicyclic) bond motifs is 2. The maximum Gasteiger partial charge on any atom is 0.242 e. The van der Waals surface area contributed by atoms with E-state index in [1.165, 1.54) is 0 Å². The highest BCUT2D eigenvalue weighted by Crippen LogP contribution is 2.36. The maximum atomic E-state index is 14.0. The average molecular weight is 498 g/mol. The molecule has 0 radical (unpaired) electrons. The molecule has 1 unspecified atom stereocenters. The van der Waals surface area contributed by atoms with Gasteiger partial charge >= 0.3 is 0 Å². The molecule has 0 spiro atoms. The van der Waals surface area contributed by atoms with Crippen LogP contribution in [0.2, 0.25) is 0 Å². The fourth-order valence-corrected chi connectivity index (χ4v) is 5.33. The molecular weight excluding hydrogens is 466 g/mol. The maximum absolute atomic E-state index is 14.0. The molecule has 1 aliphatic rings. The van der Waals surface area contributed by atoms with Crippen molar-refractivity contribution in [3.05, 3.63) is 95.8 Å². The topological polar surface area (TPSA) is 72.8 Å². The zero-order chi connectivity index (χ0) is 25.9. The minimum Gasteiger partial charge on any atom is -0.493 e. The van der Waals surface area contributed by atoms with Gasteiger partial charge in [-0.3, -0.25) is 9.59 Å². The number of amides is 2. The summed E-state index contributed by atoms with van der Waals surface area (Å²) < 4.78 is 13.0. The van der Waals surface area contributed by atoms with Crippen molar-refractivity contribution in [3.8, 4) is 11.5 Å². The van der Waals surface area contributed by atoms with Crippen molar-refractivity contribution in [1.29, 1.82) is 0 Å². The smallest absolute Gasteiger partial charge is 0.242 e. The first-order chi connectivity index (χ1) is 18.0. The summed E-state index contributed by atoms with van der Waals surface area (Å²) in [5.41, 5.74) is 3.00. The second-order valence-corrected chi connectivity index (χ2v) is 9.25. The Morgan fingerprint density at radius 2 is 1.62 bits per heavy atom. The van der Waals surface area contributed by atoms with E-state index in [1.807, 2.05) is 54.9 Å². The largest absolute Gasteiger partial charge is 0.493 e. The van der Waals surface area contributed by atoms with Crippen LogP contribution in [0, 0.1) is 0 Å². The quantitative estimate of drug-likeness (QED) is 0.412. The average Bonchev–Trinajstić information content (AvgIpc) is 3.48. The van der Waals surface area contributed by atoms with Gasteiger partial charge in [-0.2, -0.15) is 0 Å². The van der Waals surface area contributed by atoms with Gasteiger partial charge in [0.2, 0.25) is 11.8 Å². The van der Waals surface area contributed by atoms with Gasteiger partial charge in [-0.25, -0.2) is 0 Å². The predicted molar refractivity (Wildman–Crippen MR) is 143 cm³/mol. The summed E-state index contributed by atoms with van der Waals surface area (Å²) in [5, 5.41) is 4.98. The summed E-state index contributed by atoms with van der Waals surface area (Å²) in [4.78, 5) is 28.7. The van der Waals surface area contributed by atoms with Gasteiger partial charge in [0.1, 0.15) is 6.04 Å². The Morgan fingerprint density at radius 1 is 0.946 bits per heavy atom. The van der Waals surface area contributed by atoms with Crippen LogP contribution in [-0.2, 0) is 22.6 Å². The highest BCUT2D eigenvalue weighted by Gasteiger charge is 2.36. The highest BCUT2D eigenvalue weighted by atomic mass is 16.5. The molecule has 7 nitrogen and oxygen atoms in total. The lowest BCUT2D eigenvalue weighted by Crippen LogP contribution is -2.52. The number of carbonyl (C=O) groups excluding carboxylic acids is 2. The van der Waals surface area contributed by atoms with E-state index >= 15 is 0 Å². The van der Waals surface area contributed by atoms with Gasteiger partial charge in [-0.15, -0.1) is 0 Å². The molecule has 2 atom stereocenters. The normalized spacial score (nSPS) is 15.6. The van der Waals surface area contributed by atoms with Crippen molar-refractivity contribution in [2.24, 2.45) is 0 Å². The van der Waals surface area contributed by atoms with E-state index in [4.69, 9.17) is 9.47 Å². The van der Waals surface area contributed by atoms with E-state index in [0.29, 0.717) is 24.5 Å². The van der Waals surface area contributed by atoms with Gasteiger partial charge in [0.15, 0.2) is 11.5 Å². The molecule has 1 aromatic heterocycles. The third-order valence-electron chi connectivity index (χ3n) is 7.24. The first-order valence-electron chi connectivity index (χ1n) is 12.4. The van der Waals surface area contributed by atoms with Crippen LogP contribution < -0.4 is 14.8 Å². The number of hydrogen-bond acceptors (Lipinski definition) is 4. The van der Waals surface area contributed by atoms with Crippen molar-refractivity contribution >= 4 is 22.6 Å². The van der Waals surface area contributed by atoms with Crippen LogP contribution in [0.4, 0.5) is 0 Å². The summed E-state index contributed by atoms with van der Waals surface area (Å²) in [7, 11) is 4.79. The zero-order valence-corrected chi connectivity index (χ0v) is 21.3. The molecule has 0 fully saturated rings. The second kappa shape index (κ2) is 10.4. The molecule has 0 aliphatic carbocycles. The van der Waals surface area contributed by atoms with Crippen LogP contribution in [0.3, 0.4) is 0 Å². The van der Waals surface area contributed by atoms with E-state index in [2.05, 4.69) is 34.1 Å². The molecule has 190 valence electrons. The van der Waals surface area contributed by atoms with Crippen molar-refractivity contribution in [3.63, 3.8) is 0 Å². The Hall–Kier alpha value is -4.26. The molecule has 0 bridgehead atoms. The molecule has 1 aliphatic heterocycles. The predicted octanol–water partition coefficient (Wildman–Crippen LogP) is 4.34. The van der Waals surface area contributed by atoms with Crippen LogP contribution >= 0.6 is 0 Å². The number of nitrogens with zero attached hydrogens (tertiary/aromatic N) is 2. The second-order valence-electron chi connectivity index (χ2n) is 9.25. The van der Waals surface area contributed by atoms with Gasteiger partial charge in [0.05, 0.1) is 26.7 Å². The monoisotopic (exact) mass is 497 g/mol. The Kier molecular flexibility index (Phi) is 6.86. The van der Waals surface area contributed by atoms with Gasteiger partial charge in [-0.05, 0) is 51.7 Å². The standard InChI is InChI=1S/C30H31N3O4/c1-31-30(35)26-15-21-16-27(36-2)28(37-3)17-22(21)19-33(26)29(34)18-25(32-13-6-7-14-32)24-12-8-10-20-9-4-5-11-23(20)24/h4-14,16-17,25-26H,15,18-19H2,1-3H3,(H,31,35)/t25?,26-/m0/s1. The molecule has 2 heterocycles. The summed E-state index contributed by atoms with van der Waals surface area (Å²) in [6.45, 7) is 0.320. The third kappa shape index (κ3) is 4.65. The van der Waals surface area contributed by atoms with Gasteiger partial charge in [0.25, 0.3) is 0 Å². The molecular formula is C30H31N3O4. The summed E-state index contributed by atoms with van der Waals surface area (Å²) in [6.07, 6.45) is 4.60. The van der Waals surface area contributed by atoms with Gasteiger partial charge in [-0.1, -0.05) is 42.5 Å². The minimum absolute atomic E-state index is 0.0827. The first-order valence-corrected chi connectivity index (χ1v) is 12.4. The number of rotatable bonds is 7. The number of hydrogen-bond donors (Lipinski definition) is 1. The van der Waals surface area contributed by atoms with E-state index in [0.717, 1.165) is 27.5 Å². The number of methoxy groups -OCH3 is 2. The number of ether oxygens (including phenoxy) is 2. The molecule has 0 saturated heterocycles. The number of likely N-dealkylation sites (N-methyl/N-ethyl adjacent to an activating group) is 1. The Morgan fingerprint density at radius 3 is 2.32 bits per heavy atom. The summed E-state index contributed by atoms with van der Waals surface area (Å²) >= 11 is 0. The zero-order valence-electron chi connectivity index (χ0n) is 21.3. The molecule has 3 aromatic carbocycles. The molecule has 37 heavy (non-hydrogen) atoms. The number of nitrogens with one attached hydrogen (secondary N) is 1. The fraction of sp³-hybridized carbons (Fsp3) is 0.267. The summed E-state index contributed by atoms with van der Waals surface area (Å²) in [5.74, 6) is 0.949. The molecule has 2 amide bonds. The highest BCUT2D eigenvalue weighted by molar-refractivity contribution is 5.90. The van der Waals surface area contributed by atoms with Crippen LogP contribution in [0.1, 0.15) is 29.2 Å². The van der Waals surface area contributed by atoms with Crippen molar-refractivity contribution in [1.82, 2.24) is 14.8 Å². The first kappa shape index (κ1) is 24.4. The molecule has 0 saturated carbocycles. The number of benzene rings is 3. The lowest BCUT2D eigenvalue weighted by Gasteiger charge is -2.37. The molecule has 4 aromatic rings. The van der Waals surface area contributed by atoms with Gasteiger partial charge < -0.3 is 24.3 Å². The van der Waals surface area contributed by atoms with Crippen LogP contribution in [0.5, 0.6) is 11.5 Å². The Bertz CT molecular complexity index is 1430. The number of aromatic nitrogens is 1. The Balaban J connectivity index is 1.52. The van der Waals surface area contributed by atoms with E-state index in [-0.39, 0.29) is 24.3 Å². The number of carbonyl (C=O) groups is 2. The fourth-order valence-electron chi connectivity index (χ4n) is 5.33. The summed E-state index contributed by atoms with van der Waals surface area (Å²) in [6, 6.07) is 21.3. The molecule has 5 rings (SSSR count). The lowest BCUT2D eigenvalue weighted by molar-refractivity contribution is -0.142. The molecule has 1 N–H and O–H groups in total. The van der Waals surface area contributed by atoms with Crippen LogP contribution in [-0.4, -0.2) is 48.6 Å². The SMILES string of the molecule is CNC(=O)[C@@H]1Cc2cc(OC)c(OC)cc2CN1C(=O)CC(c1cccc2ccccc12)n1cccc1. The van der Waals surface area contributed by atoms with Crippen LogP contribution in [0.15, 0.2) is 79.1 Å². The third-order valence-corrected chi connectivity index (χ3v) is 7.24. The lowest BCUT2D eigenvalue weighted by atomic mass is 9.91. The van der Waals surface area contributed by atoms with Crippen molar-refractivity contribution in [2.75, 3.05) is 21.3 Å². The van der Waals surface area contributed by atoms with E-state index in [9.17, 15) is 9.59 Å². The van der Waals surface area contributed by atoms with Crippen molar-refractivity contribution < 1.29 is 19.1 Å². The van der Waals surface area contributed by atoms with E-state index < -0.39 is 6.04 Å².